The molecule has 0 unspecified atom stereocenters. The molecule has 5 heteroatoms. The third-order valence-corrected chi connectivity index (χ3v) is 2.01. The largest absolute Gasteiger partial charge is 0.368 e. The zero-order chi connectivity index (χ0) is 10.4. The number of anilines is 1. The summed E-state index contributed by atoms with van der Waals surface area (Å²) in [5, 5.41) is 3.75. The molecule has 14 heavy (non-hydrogen) atoms. The molecule has 1 rings (SSSR count). The second-order valence-corrected chi connectivity index (χ2v) is 3.37. The predicted octanol–water partition coefficient (Wildman–Crippen LogP) is 3.16. The van der Waals surface area contributed by atoms with Crippen LogP contribution in [-0.4, -0.2) is 16.5 Å². The lowest BCUT2D eigenvalue weighted by Gasteiger charge is -2.04. The van der Waals surface area contributed by atoms with E-state index in [4.69, 9.17) is 23.2 Å². The van der Waals surface area contributed by atoms with Gasteiger partial charge in [-0.2, -0.15) is 4.98 Å². The van der Waals surface area contributed by atoms with E-state index in [1.807, 2.05) is 13.0 Å². The third-order valence-electron chi connectivity index (χ3n) is 1.55. The van der Waals surface area contributed by atoms with E-state index >= 15 is 0 Å². The van der Waals surface area contributed by atoms with Crippen molar-refractivity contribution in [1.82, 2.24) is 9.97 Å². The number of nitrogens with one attached hydrogen (secondary N) is 1. The van der Waals surface area contributed by atoms with Crippen molar-refractivity contribution in [3.63, 3.8) is 0 Å². The van der Waals surface area contributed by atoms with Gasteiger partial charge < -0.3 is 5.32 Å². The quantitative estimate of drug-likeness (QED) is 0.492. The zero-order valence-electron chi connectivity index (χ0n) is 7.80. The first kappa shape index (κ1) is 11.3. The Labute approximate surface area is 93.2 Å². The topological polar surface area (TPSA) is 37.8 Å². The van der Waals surface area contributed by atoms with Gasteiger partial charge in [-0.05, 0) is 24.9 Å². The van der Waals surface area contributed by atoms with Gasteiger partial charge in [0.1, 0.15) is 10.8 Å². The Hall–Kier alpha value is -0.800. The van der Waals surface area contributed by atoms with Crippen molar-refractivity contribution in [2.75, 3.05) is 11.9 Å². The normalized spacial score (nSPS) is 10.8. The van der Waals surface area contributed by atoms with Gasteiger partial charge in [-0.3, -0.25) is 0 Å². The molecule has 1 aromatic heterocycles. The highest BCUT2D eigenvalue weighted by Gasteiger charge is 2.01. The van der Waals surface area contributed by atoms with Crippen LogP contribution in [-0.2, 0) is 0 Å². The fraction of sp³-hybridized carbons (Fsp3) is 0.333. The molecule has 1 heterocycles. The minimum absolute atomic E-state index is 0.197. The van der Waals surface area contributed by atoms with Crippen molar-refractivity contribution in [3.05, 3.63) is 28.7 Å². The number of hydrogen-bond donors (Lipinski definition) is 1. The van der Waals surface area contributed by atoms with Gasteiger partial charge >= 0.3 is 0 Å². The molecule has 0 amide bonds. The summed E-state index contributed by atoms with van der Waals surface area (Å²) in [4.78, 5) is 7.71. The second kappa shape index (κ2) is 5.83. The van der Waals surface area contributed by atoms with E-state index in [1.165, 1.54) is 6.20 Å². The first-order valence-corrected chi connectivity index (χ1v) is 5.02. The van der Waals surface area contributed by atoms with Crippen LogP contribution in [0.5, 0.6) is 0 Å². The molecule has 0 saturated heterocycles. The molecule has 0 fully saturated rings. The average molecular weight is 232 g/mol. The van der Waals surface area contributed by atoms with E-state index in [2.05, 4.69) is 21.4 Å². The van der Waals surface area contributed by atoms with Crippen LogP contribution in [0.3, 0.4) is 0 Å². The van der Waals surface area contributed by atoms with Crippen LogP contribution in [0.15, 0.2) is 18.3 Å². The van der Waals surface area contributed by atoms with E-state index in [1.54, 1.807) is 0 Å². The molecule has 0 aliphatic heterocycles. The van der Waals surface area contributed by atoms with Gasteiger partial charge in [0.2, 0.25) is 5.28 Å². The Morgan fingerprint density at radius 3 is 3.00 bits per heavy atom. The Kier molecular flexibility index (Phi) is 4.70. The lowest BCUT2D eigenvalue weighted by atomic mass is 10.4. The van der Waals surface area contributed by atoms with Crippen LogP contribution < -0.4 is 5.32 Å². The molecule has 1 aromatic rings. The molecule has 76 valence electrons. The van der Waals surface area contributed by atoms with Crippen molar-refractivity contribution in [2.24, 2.45) is 0 Å². The molecule has 0 aliphatic carbocycles. The van der Waals surface area contributed by atoms with Crippen LogP contribution in [0.2, 0.25) is 10.3 Å². The van der Waals surface area contributed by atoms with E-state index < -0.39 is 0 Å². The first-order valence-electron chi connectivity index (χ1n) is 4.27. The molecule has 3 nitrogen and oxygen atoms in total. The molecule has 1 N–H and O–H groups in total. The summed E-state index contributed by atoms with van der Waals surface area (Å²) in [6.07, 6.45) is 6.46. The van der Waals surface area contributed by atoms with E-state index in [9.17, 15) is 0 Å². The van der Waals surface area contributed by atoms with Crippen molar-refractivity contribution >= 4 is 29.0 Å². The molecular weight excluding hydrogens is 221 g/mol. The number of halogens is 2. The monoisotopic (exact) mass is 231 g/mol. The third kappa shape index (κ3) is 3.52. The Morgan fingerprint density at radius 2 is 2.29 bits per heavy atom. The average Bonchev–Trinajstić information content (AvgIpc) is 2.18. The molecular formula is C9H11Cl2N3. The Bertz CT molecular complexity index is 326. The Morgan fingerprint density at radius 1 is 1.50 bits per heavy atom. The van der Waals surface area contributed by atoms with Crippen LogP contribution in [0.1, 0.15) is 13.3 Å². The highest BCUT2D eigenvalue weighted by molar-refractivity contribution is 6.33. The van der Waals surface area contributed by atoms with E-state index in [0.717, 1.165) is 13.0 Å². The lowest BCUT2D eigenvalue weighted by molar-refractivity contribution is 1.03. The van der Waals surface area contributed by atoms with Gasteiger partial charge in [-0.25, -0.2) is 4.98 Å². The number of allylic oxidation sites excluding steroid dienone is 1. The predicted molar refractivity (Wildman–Crippen MR) is 60.0 cm³/mol. The summed E-state index contributed by atoms with van der Waals surface area (Å²) < 4.78 is 0. The number of nitrogens with zero attached hydrogens (tertiary/aromatic N) is 2. The van der Waals surface area contributed by atoms with Crippen LogP contribution in [0.4, 0.5) is 5.82 Å². The molecule has 0 spiro atoms. The maximum atomic E-state index is 5.84. The molecule has 0 aromatic carbocycles. The number of hydrogen-bond acceptors (Lipinski definition) is 3. The fourth-order valence-electron chi connectivity index (χ4n) is 0.910. The van der Waals surface area contributed by atoms with Crippen molar-refractivity contribution in [3.8, 4) is 0 Å². The lowest BCUT2D eigenvalue weighted by Crippen LogP contribution is -2.03. The summed E-state index contributed by atoms with van der Waals surface area (Å²) in [5.41, 5.74) is 0. The van der Waals surface area contributed by atoms with E-state index in [-0.39, 0.29) is 5.28 Å². The van der Waals surface area contributed by atoms with Crippen LogP contribution in [0.25, 0.3) is 0 Å². The maximum Gasteiger partial charge on any atom is 0.224 e. The Balaban J connectivity index is 2.53. The highest BCUT2D eigenvalue weighted by atomic mass is 35.5. The molecule has 0 saturated carbocycles. The minimum atomic E-state index is 0.197. The maximum absolute atomic E-state index is 5.84. The second-order valence-electron chi connectivity index (χ2n) is 2.62. The highest BCUT2D eigenvalue weighted by Crippen LogP contribution is 2.18. The summed E-state index contributed by atoms with van der Waals surface area (Å²) in [6, 6.07) is 0. The molecule has 0 bridgehead atoms. The summed E-state index contributed by atoms with van der Waals surface area (Å²) in [6.45, 7) is 2.76. The number of rotatable bonds is 4. The van der Waals surface area contributed by atoms with Gasteiger partial charge in [-0.15, -0.1) is 0 Å². The van der Waals surface area contributed by atoms with Crippen LogP contribution in [0, 0.1) is 0 Å². The summed E-state index contributed by atoms with van der Waals surface area (Å²) in [5.74, 6) is 0.580. The standard InChI is InChI=1S/C9H11Cl2N3/c1-2-3-4-5-12-8-7(10)6-13-9(11)14-8/h2-3,6H,4-5H2,1H3,(H,12,13,14)/b3-2+. The first-order chi connectivity index (χ1) is 6.74. The minimum Gasteiger partial charge on any atom is -0.368 e. The van der Waals surface area contributed by atoms with Crippen molar-refractivity contribution in [2.45, 2.75) is 13.3 Å². The molecule has 0 radical (unpaired) electrons. The zero-order valence-corrected chi connectivity index (χ0v) is 9.31. The summed E-state index contributed by atoms with van der Waals surface area (Å²) >= 11 is 11.5. The summed E-state index contributed by atoms with van der Waals surface area (Å²) in [7, 11) is 0. The van der Waals surface area contributed by atoms with Gasteiger partial charge in [0.15, 0.2) is 0 Å². The van der Waals surface area contributed by atoms with Crippen molar-refractivity contribution < 1.29 is 0 Å². The van der Waals surface area contributed by atoms with Gasteiger partial charge in [-0.1, -0.05) is 23.8 Å². The molecule has 0 atom stereocenters. The van der Waals surface area contributed by atoms with E-state index in [0.29, 0.717) is 10.8 Å². The SMILES string of the molecule is C/C=C/CCNc1nc(Cl)ncc1Cl. The van der Waals surface area contributed by atoms with Crippen molar-refractivity contribution in [1.29, 1.82) is 0 Å². The smallest absolute Gasteiger partial charge is 0.224 e. The number of aromatic nitrogens is 2. The molecule has 0 aliphatic rings. The van der Waals surface area contributed by atoms with Gasteiger partial charge in [0.25, 0.3) is 0 Å². The van der Waals surface area contributed by atoms with Gasteiger partial charge in [0, 0.05) is 6.54 Å². The van der Waals surface area contributed by atoms with Gasteiger partial charge in [0.05, 0.1) is 6.20 Å². The fourth-order valence-corrected chi connectivity index (χ4v) is 1.20. The van der Waals surface area contributed by atoms with Crippen LogP contribution >= 0.6 is 23.2 Å².